The van der Waals surface area contributed by atoms with Crippen molar-refractivity contribution in [1.29, 1.82) is 0 Å². The molecule has 0 spiro atoms. The number of hydrogen-bond acceptors (Lipinski definition) is 2. The summed E-state index contributed by atoms with van der Waals surface area (Å²) in [6.45, 7) is 6.65. The number of carbonyl (C=O) groups is 1. The molecule has 0 bridgehead atoms. The summed E-state index contributed by atoms with van der Waals surface area (Å²) in [5.74, 6) is 0.0923. The molecule has 0 aliphatic heterocycles. The predicted molar refractivity (Wildman–Crippen MR) is 83.3 cm³/mol. The molecule has 0 aliphatic rings. The molecule has 0 heterocycles. The molecular formula is C18H21NO. The molecule has 2 nitrogen and oxygen atoms in total. The molecule has 0 unspecified atom stereocenters. The molecule has 0 aliphatic carbocycles. The van der Waals surface area contributed by atoms with Gasteiger partial charge in [0.25, 0.3) is 0 Å². The third-order valence-corrected chi connectivity index (χ3v) is 3.76. The van der Waals surface area contributed by atoms with Gasteiger partial charge in [0.1, 0.15) is 0 Å². The summed E-state index contributed by atoms with van der Waals surface area (Å²) in [6.07, 6.45) is 0.728. The maximum absolute atomic E-state index is 12.8. The Morgan fingerprint density at radius 1 is 0.950 bits per heavy atom. The molecule has 0 saturated heterocycles. The highest BCUT2D eigenvalue weighted by molar-refractivity contribution is 6.11. The second-order valence-electron chi connectivity index (χ2n) is 5.28. The quantitative estimate of drug-likeness (QED) is 0.863. The molecule has 0 saturated carbocycles. The highest BCUT2D eigenvalue weighted by atomic mass is 16.1. The monoisotopic (exact) mass is 267 g/mol. The van der Waals surface area contributed by atoms with Gasteiger partial charge in [-0.15, -0.1) is 0 Å². The first-order valence-corrected chi connectivity index (χ1v) is 6.95. The smallest absolute Gasteiger partial charge is 0.193 e. The summed E-state index contributed by atoms with van der Waals surface area (Å²) in [4.78, 5) is 12.8. The number of hydrogen-bond donors (Lipinski definition) is 1. The van der Waals surface area contributed by atoms with E-state index in [0.29, 0.717) is 6.54 Å². The second kappa shape index (κ2) is 6.02. The zero-order valence-corrected chi connectivity index (χ0v) is 12.4. The van der Waals surface area contributed by atoms with Gasteiger partial charge in [-0.25, -0.2) is 0 Å². The number of aryl methyl sites for hydroxylation is 3. The van der Waals surface area contributed by atoms with E-state index in [2.05, 4.69) is 13.0 Å². The van der Waals surface area contributed by atoms with Gasteiger partial charge in [0.15, 0.2) is 5.78 Å². The van der Waals surface area contributed by atoms with Crippen LogP contribution >= 0.6 is 0 Å². The average molecular weight is 267 g/mol. The van der Waals surface area contributed by atoms with Gasteiger partial charge in [-0.3, -0.25) is 4.79 Å². The van der Waals surface area contributed by atoms with Gasteiger partial charge >= 0.3 is 0 Å². The number of ketones is 1. The third kappa shape index (κ3) is 2.81. The predicted octanol–water partition coefficient (Wildman–Crippen LogP) is 3.34. The highest BCUT2D eigenvalue weighted by Gasteiger charge is 2.15. The van der Waals surface area contributed by atoms with Gasteiger partial charge in [0.05, 0.1) is 0 Å². The van der Waals surface area contributed by atoms with Crippen LogP contribution in [0.4, 0.5) is 0 Å². The fraction of sp³-hybridized carbons (Fsp3) is 0.278. The zero-order valence-electron chi connectivity index (χ0n) is 12.4. The summed E-state index contributed by atoms with van der Waals surface area (Å²) in [5.41, 5.74) is 11.6. The minimum Gasteiger partial charge on any atom is -0.330 e. The number of benzene rings is 2. The van der Waals surface area contributed by atoms with Crippen LogP contribution in [-0.4, -0.2) is 12.3 Å². The van der Waals surface area contributed by atoms with Crippen molar-refractivity contribution < 1.29 is 4.79 Å². The summed E-state index contributed by atoms with van der Waals surface area (Å²) < 4.78 is 0. The normalized spacial score (nSPS) is 10.6. The van der Waals surface area contributed by atoms with Crippen molar-refractivity contribution in [2.75, 3.05) is 6.54 Å². The van der Waals surface area contributed by atoms with Crippen molar-refractivity contribution in [2.45, 2.75) is 27.2 Å². The Bertz CT molecular complexity index is 644. The van der Waals surface area contributed by atoms with Crippen molar-refractivity contribution in [3.63, 3.8) is 0 Å². The van der Waals surface area contributed by atoms with Gasteiger partial charge < -0.3 is 5.73 Å². The number of nitrogens with two attached hydrogens (primary N) is 1. The van der Waals surface area contributed by atoms with Crippen LogP contribution in [0.2, 0.25) is 0 Å². The van der Waals surface area contributed by atoms with Gasteiger partial charge in [0.2, 0.25) is 0 Å². The van der Waals surface area contributed by atoms with Crippen LogP contribution in [0, 0.1) is 20.8 Å². The molecule has 104 valence electrons. The van der Waals surface area contributed by atoms with Crippen molar-refractivity contribution >= 4 is 5.78 Å². The molecule has 2 N–H and O–H groups in total. The molecule has 0 radical (unpaired) electrons. The fourth-order valence-corrected chi connectivity index (χ4v) is 2.47. The van der Waals surface area contributed by atoms with Crippen LogP contribution in [0.5, 0.6) is 0 Å². The summed E-state index contributed by atoms with van der Waals surface area (Å²) in [6, 6.07) is 11.8. The molecular weight excluding hydrogens is 246 g/mol. The molecule has 0 fully saturated rings. The molecule has 2 aromatic carbocycles. The van der Waals surface area contributed by atoms with E-state index in [-0.39, 0.29) is 5.78 Å². The lowest BCUT2D eigenvalue weighted by Crippen LogP contribution is -2.11. The van der Waals surface area contributed by atoms with E-state index >= 15 is 0 Å². The largest absolute Gasteiger partial charge is 0.330 e. The molecule has 2 rings (SSSR count). The van der Waals surface area contributed by atoms with Crippen molar-refractivity contribution in [1.82, 2.24) is 0 Å². The van der Waals surface area contributed by atoms with E-state index in [1.54, 1.807) is 0 Å². The Morgan fingerprint density at radius 2 is 1.60 bits per heavy atom. The van der Waals surface area contributed by atoms with Crippen LogP contribution in [0.15, 0.2) is 36.4 Å². The average Bonchev–Trinajstić information content (AvgIpc) is 2.43. The van der Waals surface area contributed by atoms with E-state index in [9.17, 15) is 4.79 Å². The third-order valence-electron chi connectivity index (χ3n) is 3.76. The van der Waals surface area contributed by atoms with Crippen molar-refractivity contribution in [3.05, 3.63) is 69.8 Å². The molecule has 2 aromatic rings. The molecule has 0 atom stereocenters. The first kappa shape index (κ1) is 14.5. The van der Waals surface area contributed by atoms with E-state index in [0.717, 1.165) is 34.2 Å². The van der Waals surface area contributed by atoms with Crippen LogP contribution in [0.25, 0.3) is 0 Å². The Hall–Kier alpha value is -1.93. The first-order valence-electron chi connectivity index (χ1n) is 6.95. The van der Waals surface area contributed by atoms with Crippen molar-refractivity contribution in [3.8, 4) is 0 Å². The fourth-order valence-electron chi connectivity index (χ4n) is 2.47. The Balaban J connectivity index is 2.49. The standard InChI is InChI=1S/C18H21NO/c1-12-10-14(3)17(11-13(12)2)18(20)16-7-5-4-6-15(16)8-9-19/h4-7,10-11H,8-9,19H2,1-3H3. The van der Waals surface area contributed by atoms with Crippen LogP contribution < -0.4 is 5.73 Å². The van der Waals surface area contributed by atoms with E-state index in [1.165, 1.54) is 5.56 Å². The minimum atomic E-state index is 0.0923. The van der Waals surface area contributed by atoms with E-state index in [4.69, 9.17) is 5.73 Å². The van der Waals surface area contributed by atoms with Crippen LogP contribution in [0.3, 0.4) is 0 Å². The molecule has 2 heteroatoms. The Labute approximate surface area is 120 Å². The maximum atomic E-state index is 12.8. The Kier molecular flexibility index (Phi) is 4.35. The number of rotatable bonds is 4. The first-order chi connectivity index (χ1) is 9.54. The van der Waals surface area contributed by atoms with E-state index in [1.807, 2.05) is 44.2 Å². The number of carbonyl (C=O) groups excluding carboxylic acids is 1. The summed E-state index contributed by atoms with van der Waals surface area (Å²) in [5, 5.41) is 0. The van der Waals surface area contributed by atoms with Gasteiger partial charge in [0, 0.05) is 11.1 Å². The summed E-state index contributed by atoms with van der Waals surface area (Å²) >= 11 is 0. The van der Waals surface area contributed by atoms with Crippen LogP contribution in [0.1, 0.15) is 38.2 Å². The van der Waals surface area contributed by atoms with E-state index < -0.39 is 0 Å². The second-order valence-corrected chi connectivity index (χ2v) is 5.28. The van der Waals surface area contributed by atoms with Gasteiger partial charge in [-0.05, 0) is 62.1 Å². The zero-order chi connectivity index (χ0) is 14.7. The SMILES string of the molecule is Cc1cc(C)c(C(=O)c2ccccc2CCN)cc1C. The molecule has 20 heavy (non-hydrogen) atoms. The molecule has 0 aromatic heterocycles. The van der Waals surface area contributed by atoms with Gasteiger partial charge in [-0.1, -0.05) is 30.3 Å². The minimum absolute atomic E-state index is 0.0923. The maximum Gasteiger partial charge on any atom is 0.193 e. The lowest BCUT2D eigenvalue weighted by atomic mass is 9.92. The lowest BCUT2D eigenvalue weighted by molar-refractivity contribution is 0.103. The highest BCUT2D eigenvalue weighted by Crippen LogP contribution is 2.21. The molecule has 0 amide bonds. The van der Waals surface area contributed by atoms with Crippen LogP contribution in [-0.2, 0) is 6.42 Å². The summed E-state index contributed by atoms with van der Waals surface area (Å²) in [7, 11) is 0. The van der Waals surface area contributed by atoms with Crippen molar-refractivity contribution in [2.24, 2.45) is 5.73 Å². The Morgan fingerprint density at radius 3 is 2.30 bits per heavy atom. The van der Waals surface area contributed by atoms with Gasteiger partial charge in [-0.2, -0.15) is 0 Å². The lowest BCUT2D eigenvalue weighted by Gasteiger charge is -2.12. The topological polar surface area (TPSA) is 43.1 Å².